The predicted molar refractivity (Wildman–Crippen MR) is 35.4 cm³/mol. The van der Waals surface area contributed by atoms with Crippen LogP contribution in [0.5, 0.6) is 0 Å². The summed E-state index contributed by atoms with van der Waals surface area (Å²) in [4.78, 5) is 11.0. The SMILES string of the molecule is O=C1[C@@H](Cl)[C@@H]2C=C[C@H]1C2. The lowest BCUT2D eigenvalue weighted by Gasteiger charge is -2.06. The fraction of sp³-hybridized carbons (Fsp3) is 0.571. The highest BCUT2D eigenvalue weighted by atomic mass is 35.5. The molecule has 48 valence electrons. The molecular formula is C7H7ClO. The van der Waals surface area contributed by atoms with Crippen LogP contribution in [0.15, 0.2) is 12.2 Å². The van der Waals surface area contributed by atoms with Crippen LogP contribution in [0.3, 0.4) is 0 Å². The Morgan fingerprint density at radius 2 is 2.33 bits per heavy atom. The monoisotopic (exact) mass is 142 g/mol. The lowest BCUT2D eigenvalue weighted by Crippen LogP contribution is -2.18. The van der Waals surface area contributed by atoms with Crippen molar-refractivity contribution in [3.63, 3.8) is 0 Å². The Hall–Kier alpha value is -0.300. The number of ketones is 1. The third-order valence-corrected chi connectivity index (χ3v) is 2.67. The van der Waals surface area contributed by atoms with Crippen LogP contribution < -0.4 is 0 Å². The average Bonchev–Trinajstić information content (AvgIpc) is 2.37. The maximum atomic E-state index is 11.0. The number of rotatable bonds is 0. The smallest absolute Gasteiger partial charge is 0.158 e. The molecule has 0 radical (unpaired) electrons. The van der Waals surface area contributed by atoms with Gasteiger partial charge >= 0.3 is 0 Å². The Labute approximate surface area is 58.7 Å². The molecule has 0 heterocycles. The Bertz CT molecular complexity index is 185. The first-order chi connectivity index (χ1) is 4.29. The van der Waals surface area contributed by atoms with E-state index in [0.717, 1.165) is 6.42 Å². The summed E-state index contributed by atoms with van der Waals surface area (Å²) in [6.07, 6.45) is 5.00. The van der Waals surface area contributed by atoms with Gasteiger partial charge in [0.15, 0.2) is 5.78 Å². The second-order valence-corrected chi connectivity index (χ2v) is 3.17. The number of hydrogen-bond acceptors (Lipinski definition) is 1. The molecule has 3 atom stereocenters. The summed E-state index contributed by atoms with van der Waals surface area (Å²) in [6, 6.07) is 0. The third kappa shape index (κ3) is 0.584. The molecule has 1 saturated carbocycles. The fourth-order valence-electron chi connectivity index (χ4n) is 1.57. The van der Waals surface area contributed by atoms with Crippen LogP contribution in [0.25, 0.3) is 0 Å². The molecule has 0 aromatic heterocycles. The van der Waals surface area contributed by atoms with E-state index in [0.29, 0.717) is 5.92 Å². The van der Waals surface area contributed by atoms with Gasteiger partial charge in [-0.3, -0.25) is 4.79 Å². The van der Waals surface area contributed by atoms with E-state index < -0.39 is 0 Å². The van der Waals surface area contributed by atoms with Crippen LogP contribution in [-0.2, 0) is 4.79 Å². The number of allylic oxidation sites excluding steroid dienone is 2. The molecule has 0 aromatic rings. The molecule has 0 spiro atoms. The molecule has 9 heavy (non-hydrogen) atoms. The number of alkyl halides is 1. The molecule has 2 bridgehead atoms. The van der Waals surface area contributed by atoms with E-state index in [4.69, 9.17) is 11.6 Å². The lowest BCUT2D eigenvalue weighted by molar-refractivity contribution is -0.119. The van der Waals surface area contributed by atoms with Gasteiger partial charge in [0.2, 0.25) is 0 Å². The molecule has 0 aromatic carbocycles. The van der Waals surface area contributed by atoms with Gasteiger partial charge in [-0.15, -0.1) is 11.6 Å². The van der Waals surface area contributed by atoms with Crippen LogP contribution in [0, 0.1) is 11.8 Å². The van der Waals surface area contributed by atoms with Crippen LogP contribution in [0.1, 0.15) is 6.42 Å². The minimum Gasteiger partial charge on any atom is -0.297 e. The van der Waals surface area contributed by atoms with Crippen molar-refractivity contribution in [3.8, 4) is 0 Å². The molecule has 0 amide bonds. The molecule has 0 unspecified atom stereocenters. The quantitative estimate of drug-likeness (QED) is 0.369. The molecule has 2 heteroatoms. The van der Waals surface area contributed by atoms with Crippen molar-refractivity contribution in [2.75, 3.05) is 0 Å². The molecule has 0 N–H and O–H groups in total. The minimum atomic E-state index is -0.208. The second kappa shape index (κ2) is 1.60. The number of halogens is 1. The van der Waals surface area contributed by atoms with Crippen LogP contribution in [0.4, 0.5) is 0 Å². The molecule has 2 rings (SSSR count). The van der Waals surface area contributed by atoms with Crippen molar-refractivity contribution in [3.05, 3.63) is 12.2 Å². The Kier molecular flexibility index (Phi) is 0.974. The van der Waals surface area contributed by atoms with Crippen LogP contribution >= 0.6 is 11.6 Å². The molecule has 1 fully saturated rings. The van der Waals surface area contributed by atoms with Gasteiger partial charge in [0.1, 0.15) is 0 Å². The number of Topliss-reactive ketones (excluding diaryl/α,β-unsaturated/α-hetero) is 1. The largest absolute Gasteiger partial charge is 0.297 e. The zero-order valence-electron chi connectivity index (χ0n) is 4.88. The second-order valence-electron chi connectivity index (χ2n) is 2.70. The van der Waals surface area contributed by atoms with Gasteiger partial charge in [0, 0.05) is 11.8 Å². The van der Waals surface area contributed by atoms with E-state index in [1.165, 1.54) is 0 Å². The molecule has 2 aliphatic carbocycles. The Morgan fingerprint density at radius 3 is 2.67 bits per heavy atom. The highest BCUT2D eigenvalue weighted by molar-refractivity contribution is 6.33. The van der Waals surface area contributed by atoms with Gasteiger partial charge in [0.25, 0.3) is 0 Å². The van der Waals surface area contributed by atoms with Gasteiger partial charge in [-0.1, -0.05) is 12.2 Å². The van der Waals surface area contributed by atoms with Gasteiger partial charge in [-0.25, -0.2) is 0 Å². The molecule has 0 aliphatic heterocycles. The third-order valence-electron chi connectivity index (χ3n) is 2.13. The summed E-state index contributed by atoms with van der Waals surface area (Å²) in [5.41, 5.74) is 0. The van der Waals surface area contributed by atoms with Crippen LogP contribution in [-0.4, -0.2) is 11.2 Å². The minimum absolute atomic E-state index is 0.164. The van der Waals surface area contributed by atoms with Crippen LogP contribution in [0.2, 0.25) is 0 Å². The van der Waals surface area contributed by atoms with Crippen molar-refractivity contribution >= 4 is 17.4 Å². The number of hydrogen-bond donors (Lipinski definition) is 0. The molecular weight excluding hydrogens is 136 g/mol. The van der Waals surface area contributed by atoms with E-state index in [2.05, 4.69) is 6.08 Å². The average molecular weight is 143 g/mol. The van der Waals surface area contributed by atoms with Gasteiger partial charge in [0.05, 0.1) is 5.38 Å². The summed E-state index contributed by atoms with van der Waals surface area (Å²) in [6.45, 7) is 0. The van der Waals surface area contributed by atoms with Gasteiger partial charge in [-0.05, 0) is 6.42 Å². The first kappa shape index (κ1) is 5.48. The summed E-state index contributed by atoms with van der Waals surface area (Å²) in [5.74, 6) is 0.742. The number of fused-ring (bicyclic) bond motifs is 2. The highest BCUT2D eigenvalue weighted by Crippen LogP contribution is 2.39. The Morgan fingerprint density at radius 1 is 1.56 bits per heavy atom. The van der Waals surface area contributed by atoms with Crippen molar-refractivity contribution in [1.29, 1.82) is 0 Å². The predicted octanol–water partition coefficient (Wildman–Crippen LogP) is 1.37. The normalized spacial score (nSPS) is 46.8. The van der Waals surface area contributed by atoms with Crippen molar-refractivity contribution < 1.29 is 4.79 Å². The lowest BCUT2D eigenvalue weighted by atomic mass is 10.1. The van der Waals surface area contributed by atoms with E-state index in [1.807, 2.05) is 6.08 Å². The zero-order chi connectivity index (χ0) is 6.43. The topological polar surface area (TPSA) is 17.1 Å². The fourth-order valence-corrected chi connectivity index (χ4v) is 1.92. The molecule has 1 nitrogen and oxygen atoms in total. The summed E-state index contributed by atoms with van der Waals surface area (Å²) >= 11 is 5.76. The molecule has 0 saturated heterocycles. The first-order valence-corrected chi connectivity index (χ1v) is 3.59. The van der Waals surface area contributed by atoms with Crippen molar-refractivity contribution in [2.45, 2.75) is 11.8 Å². The highest BCUT2D eigenvalue weighted by Gasteiger charge is 2.41. The number of carbonyl (C=O) groups is 1. The van der Waals surface area contributed by atoms with E-state index >= 15 is 0 Å². The maximum Gasteiger partial charge on any atom is 0.158 e. The Balaban J connectivity index is 2.36. The van der Waals surface area contributed by atoms with Gasteiger partial charge < -0.3 is 0 Å². The van der Waals surface area contributed by atoms with Crippen molar-refractivity contribution in [1.82, 2.24) is 0 Å². The van der Waals surface area contributed by atoms with Crippen molar-refractivity contribution in [2.24, 2.45) is 11.8 Å². The van der Waals surface area contributed by atoms with E-state index in [-0.39, 0.29) is 17.1 Å². The van der Waals surface area contributed by atoms with E-state index in [9.17, 15) is 4.79 Å². The summed E-state index contributed by atoms with van der Waals surface area (Å²) < 4.78 is 0. The standard InChI is InChI=1S/C7H7ClO/c8-6-4-1-2-5(3-4)7(6)9/h1-2,4-6H,3H2/t4-,5+,6+/m1/s1. The van der Waals surface area contributed by atoms with Gasteiger partial charge in [-0.2, -0.15) is 0 Å². The zero-order valence-corrected chi connectivity index (χ0v) is 5.64. The summed E-state index contributed by atoms with van der Waals surface area (Å²) in [7, 11) is 0. The first-order valence-electron chi connectivity index (χ1n) is 3.15. The summed E-state index contributed by atoms with van der Waals surface area (Å²) in [5, 5.41) is -0.208. The molecule has 2 aliphatic rings. The van der Waals surface area contributed by atoms with E-state index in [1.54, 1.807) is 0 Å². The maximum absolute atomic E-state index is 11.0. The number of carbonyl (C=O) groups excluding carboxylic acids is 1.